The highest BCUT2D eigenvalue weighted by Gasteiger charge is 2.24. The van der Waals surface area contributed by atoms with Crippen LogP contribution in [0.5, 0.6) is 0 Å². The van der Waals surface area contributed by atoms with Crippen molar-refractivity contribution in [2.24, 2.45) is 12.8 Å². The molecule has 1 rings (SSSR count). The summed E-state index contributed by atoms with van der Waals surface area (Å²) in [6.45, 7) is 3.57. The van der Waals surface area contributed by atoms with Gasteiger partial charge in [0.25, 0.3) is 5.91 Å². The Hall–Kier alpha value is -1.89. The molecule has 1 aromatic heterocycles. The summed E-state index contributed by atoms with van der Waals surface area (Å²) in [7, 11) is 1.73. The zero-order chi connectivity index (χ0) is 13.0. The molecule has 1 amide bonds. The van der Waals surface area contributed by atoms with Crippen LogP contribution >= 0.6 is 0 Å². The van der Waals surface area contributed by atoms with Crippen molar-refractivity contribution in [2.45, 2.75) is 19.9 Å². The minimum Gasteiger partial charge on any atom is -0.464 e. The first-order chi connectivity index (χ1) is 7.95. The first-order valence-corrected chi connectivity index (χ1v) is 5.19. The lowest BCUT2D eigenvalue weighted by Crippen LogP contribution is -2.43. The van der Waals surface area contributed by atoms with Crippen molar-refractivity contribution in [3.8, 4) is 0 Å². The van der Waals surface area contributed by atoms with Gasteiger partial charge < -0.3 is 15.8 Å². The zero-order valence-corrected chi connectivity index (χ0v) is 10.1. The molecule has 0 bridgehead atoms. The zero-order valence-electron chi connectivity index (χ0n) is 10.1. The summed E-state index contributed by atoms with van der Waals surface area (Å²) >= 11 is 0. The van der Waals surface area contributed by atoms with Crippen LogP contribution in [-0.2, 0) is 21.4 Å². The molecule has 1 unspecified atom stereocenters. The van der Waals surface area contributed by atoms with Crippen LogP contribution < -0.4 is 11.1 Å². The molecular formula is C10H16N4O3. The van der Waals surface area contributed by atoms with E-state index in [1.807, 2.05) is 0 Å². The van der Waals surface area contributed by atoms with Crippen LogP contribution in [0.25, 0.3) is 0 Å². The molecule has 3 N–H and O–H groups in total. The Labute approximate surface area is 98.9 Å². The van der Waals surface area contributed by atoms with Crippen molar-refractivity contribution >= 4 is 17.6 Å². The molecule has 1 heterocycles. The Morgan fingerprint density at radius 2 is 2.29 bits per heavy atom. The maximum atomic E-state index is 11.6. The van der Waals surface area contributed by atoms with Gasteiger partial charge in [0.05, 0.1) is 18.0 Å². The van der Waals surface area contributed by atoms with Gasteiger partial charge in [-0.2, -0.15) is 5.10 Å². The Balaban J connectivity index is 2.66. The molecule has 0 aliphatic heterocycles. The highest BCUT2D eigenvalue weighted by Crippen LogP contribution is 2.11. The van der Waals surface area contributed by atoms with Crippen LogP contribution in [0.1, 0.15) is 12.6 Å². The number of nitrogens with one attached hydrogen (secondary N) is 1. The van der Waals surface area contributed by atoms with Gasteiger partial charge in [0, 0.05) is 13.2 Å². The third-order valence-electron chi connectivity index (χ3n) is 2.09. The van der Waals surface area contributed by atoms with Gasteiger partial charge in [-0.3, -0.25) is 9.48 Å². The lowest BCUT2D eigenvalue weighted by Gasteiger charge is -2.10. The molecule has 0 spiro atoms. The summed E-state index contributed by atoms with van der Waals surface area (Å²) in [6.07, 6.45) is 1.63. The van der Waals surface area contributed by atoms with Gasteiger partial charge in [0.1, 0.15) is 0 Å². The van der Waals surface area contributed by atoms with Crippen molar-refractivity contribution in [3.63, 3.8) is 0 Å². The third-order valence-corrected chi connectivity index (χ3v) is 2.09. The van der Waals surface area contributed by atoms with Crippen molar-refractivity contribution in [2.75, 3.05) is 11.9 Å². The van der Waals surface area contributed by atoms with Crippen LogP contribution in [0.4, 0.5) is 5.69 Å². The molecule has 0 radical (unpaired) electrons. The molecule has 0 aliphatic carbocycles. The van der Waals surface area contributed by atoms with E-state index in [0.717, 1.165) is 0 Å². The molecule has 17 heavy (non-hydrogen) atoms. The third kappa shape index (κ3) is 3.28. The normalized spacial score (nSPS) is 12.0. The monoisotopic (exact) mass is 240 g/mol. The second kappa shape index (κ2) is 5.44. The van der Waals surface area contributed by atoms with E-state index in [4.69, 9.17) is 5.73 Å². The average molecular weight is 240 g/mol. The number of esters is 1. The molecule has 0 aromatic carbocycles. The standard InChI is InChI=1S/C10H16N4O3/c1-4-17-10(16)8(11)9(15)12-7-5-14(3)13-6(7)2/h5,8H,4,11H2,1-3H3,(H,12,15). The lowest BCUT2D eigenvalue weighted by molar-refractivity contribution is -0.146. The van der Waals surface area contributed by atoms with Gasteiger partial charge in [-0.1, -0.05) is 0 Å². The molecule has 0 saturated carbocycles. The summed E-state index contributed by atoms with van der Waals surface area (Å²) in [6, 6.07) is -1.32. The number of carbonyl (C=O) groups is 2. The second-order valence-corrected chi connectivity index (χ2v) is 3.52. The minimum absolute atomic E-state index is 0.186. The van der Waals surface area contributed by atoms with Gasteiger partial charge in [0.2, 0.25) is 0 Å². The average Bonchev–Trinajstić information content (AvgIpc) is 2.56. The van der Waals surface area contributed by atoms with Crippen LogP contribution in [0.15, 0.2) is 6.20 Å². The van der Waals surface area contributed by atoms with Gasteiger partial charge in [-0.25, -0.2) is 4.79 Å². The van der Waals surface area contributed by atoms with Crippen LogP contribution in [0.2, 0.25) is 0 Å². The molecule has 0 saturated heterocycles. The summed E-state index contributed by atoms with van der Waals surface area (Å²) in [5.74, 6) is -1.36. The molecule has 1 atom stereocenters. The Morgan fingerprint density at radius 3 is 2.76 bits per heavy atom. The fraction of sp³-hybridized carbons (Fsp3) is 0.500. The summed E-state index contributed by atoms with van der Waals surface area (Å²) < 4.78 is 6.21. The number of anilines is 1. The number of nitrogens with two attached hydrogens (primary N) is 1. The Bertz CT molecular complexity index is 427. The molecular weight excluding hydrogens is 224 g/mol. The number of carbonyl (C=O) groups excluding carboxylic acids is 2. The smallest absolute Gasteiger partial charge is 0.332 e. The van der Waals surface area contributed by atoms with Crippen LogP contribution in [-0.4, -0.2) is 34.3 Å². The van der Waals surface area contributed by atoms with E-state index in [-0.39, 0.29) is 6.61 Å². The number of hydrogen-bond donors (Lipinski definition) is 2. The summed E-state index contributed by atoms with van der Waals surface area (Å²) in [4.78, 5) is 22.9. The van der Waals surface area contributed by atoms with E-state index >= 15 is 0 Å². The van der Waals surface area contributed by atoms with E-state index in [9.17, 15) is 9.59 Å². The first kappa shape index (κ1) is 13.2. The van der Waals surface area contributed by atoms with Crippen molar-refractivity contribution in [1.82, 2.24) is 9.78 Å². The van der Waals surface area contributed by atoms with E-state index in [1.54, 1.807) is 31.8 Å². The van der Waals surface area contributed by atoms with Crippen molar-refractivity contribution in [1.29, 1.82) is 0 Å². The number of aryl methyl sites for hydroxylation is 2. The van der Waals surface area contributed by atoms with Crippen LogP contribution in [0.3, 0.4) is 0 Å². The molecule has 0 aliphatic rings. The quantitative estimate of drug-likeness (QED) is 0.549. The highest BCUT2D eigenvalue weighted by molar-refractivity contribution is 6.08. The second-order valence-electron chi connectivity index (χ2n) is 3.52. The first-order valence-electron chi connectivity index (χ1n) is 5.19. The number of hydrogen-bond acceptors (Lipinski definition) is 5. The predicted octanol–water partition coefficient (Wildman–Crippen LogP) is -0.443. The van der Waals surface area contributed by atoms with E-state index < -0.39 is 17.9 Å². The van der Waals surface area contributed by atoms with Crippen molar-refractivity contribution in [3.05, 3.63) is 11.9 Å². The van der Waals surface area contributed by atoms with Crippen molar-refractivity contribution < 1.29 is 14.3 Å². The summed E-state index contributed by atoms with van der Waals surface area (Å²) in [5, 5.41) is 6.57. The topological polar surface area (TPSA) is 99.2 Å². The minimum atomic E-state index is -1.32. The molecule has 7 nitrogen and oxygen atoms in total. The van der Waals surface area contributed by atoms with E-state index in [1.165, 1.54) is 0 Å². The highest BCUT2D eigenvalue weighted by atomic mass is 16.5. The maximum Gasteiger partial charge on any atom is 0.332 e. The van der Waals surface area contributed by atoms with E-state index in [2.05, 4.69) is 15.2 Å². The predicted molar refractivity (Wildman–Crippen MR) is 61.2 cm³/mol. The lowest BCUT2D eigenvalue weighted by atomic mass is 10.3. The van der Waals surface area contributed by atoms with Crippen LogP contribution in [0, 0.1) is 6.92 Å². The molecule has 94 valence electrons. The molecule has 7 heteroatoms. The molecule has 1 aromatic rings. The maximum absolute atomic E-state index is 11.6. The van der Waals surface area contributed by atoms with Gasteiger partial charge >= 0.3 is 5.97 Å². The number of ether oxygens (including phenoxy) is 1. The largest absolute Gasteiger partial charge is 0.464 e. The Kier molecular flexibility index (Phi) is 4.22. The number of rotatable bonds is 4. The SMILES string of the molecule is CCOC(=O)C(N)C(=O)Nc1cn(C)nc1C. The van der Waals surface area contributed by atoms with Gasteiger partial charge in [-0.15, -0.1) is 0 Å². The van der Waals surface area contributed by atoms with Gasteiger partial charge in [-0.05, 0) is 13.8 Å². The van der Waals surface area contributed by atoms with Gasteiger partial charge in [0.15, 0.2) is 6.04 Å². The number of nitrogens with zero attached hydrogens (tertiary/aromatic N) is 2. The molecule has 0 fully saturated rings. The number of aromatic nitrogens is 2. The Morgan fingerprint density at radius 1 is 1.65 bits per heavy atom. The number of amides is 1. The van der Waals surface area contributed by atoms with E-state index in [0.29, 0.717) is 11.4 Å². The fourth-order valence-corrected chi connectivity index (χ4v) is 1.27. The summed E-state index contributed by atoms with van der Waals surface area (Å²) in [5.41, 5.74) is 6.61. The fourth-order valence-electron chi connectivity index (χ4n) is 1.27.